The molecule has 2 aromatic carbocycles. The molecule has 31 heavy (non-hydrogen) atoms. The summed E-state index contributed by atoms with van der Waals surface area (Å²) in [4.78, 5) is 0. The number of hydrogen-bond acceptors (Lipinski definition) is 1. The van der Waals surface area contributed by atoms with Crippen LogP contribution in [0.1, 0.15) is 24.5 Å². The summed E-state index contributed by atoms with van der Waals surface area (Å²) < 4.78 is 8.47. The summed E-state index contributed by atoms with van der Waals surface area (Å²) in [7, 11) is 4.12. The van der Waals surface area contributed by atoms with Crippen molar-refractivity contribution in [2.24, 2.45) is 0 Å². The van der Waals surface area contributed by atoms with Gasteiger partial charge in [0, 0.05) is 17.7 Å². The molecule has 4 rings (SSSR count). The second-order valence-corrected chi connectivity index (χ2v) is 7.81. The molecular weight excluding hydrogens is 378 g/mol. The average Bonchev–Trinajstić information content (AvgIpc) is 2.83. The van der Waals surface area contributed by atoms with E-state index in [0.717, 1.165) is 29.1 Å². The van der Waals surface area contributed by atoms with Gasteiger partial charge in [-0.3, -0.25) is 0 Å². The Hall–Kier alpha value is -3.65. The monoisotopic (exact) mass is 406 g/mol. The number of benzene rings is 2. The fraction of sp³-hybridized carbons (Fsp3) is 0.138. The standard InChI is InChI=1S/C29H28NO/c1-4-22(24-15-17-27(18-16-24)30(2)3)19-28-20-26(23-11-7-5-8-12-23)21-29(31-28)25-13-9-6-10-14-25/h5-21H,4H2,1-3H3/q+1. The summed E-state index contributed by atoms with van der Waals surface area (Å²) in [6.07, 6.45) is 16.0. The average molecular weight is 407 g/mol. The molecule has 2 heteroatoms. The Morgan fingerprint density at radius 3 is 2.00 bits per heavy atom. The zero-order valence-corrected chi connectivity index (χ0v) is 18.4. The van der Waals surface area contributed by atoms with Gasteiger partial charge >= 0.3 is 0 Å². The topological polar surface area (TPSA) is 12.2 Å². The summed E-state index contributed by atoms with van der Waals surface area (Å²) in [6, 6.07) is 20.7. The van der Waals surface area contributed by atoms with E-state index in [4.69, 9.17) is 4.74 Å². The molecule has 1 aliphatic heterocycles. The fourth-order valence-electron chi connectivity index (χ4n) is 3.67. The van der Waals surface area contributed by atoms with Crippen LogP contribution < -0.4 is 0 Å². The Kier molecular flexibility index (Phi) is 6.28. The Labute approximate surface area is 185 Å². The normalized spacial score (nSPS) is 16.7. The van der Waals surface area contributed by atoms with Crippen LogP contribution in [0.5, 0.6) is 0 Å². The lowest BCUT2D eigenvalue weighted by Gasteiger charge is -2.19. The van der Waals surface area contributed by atoms with Crippen LogP contribution in [0.3, 0.4) is 0 Å². The van der Waals surface area contributed by atoms with Crippen LogP contribution in [0.25, 0.3) is 11.3 Å². The summed E-state index contributed by atoms with van der Waals surface area (Å²) in [6.45, 7) is 2.19. The molecule has 0 spiro atoms. The Balaban J connectivity index is 1.76. The number of nitrogens with zero attached hydrogens (tertiary/aromatic N) is 1. The molecule has 1 heterocycles. The molecule has 0 fully saturated rings. The molecule has 1 aliphatic carbocycles. The maximum atomic E-state index is 6.36. The first-order valence-corrected chi connectivity index (χ1v) is 10.7. The van der Waals surface area contributed by atoms with E-state index in [1.807, 2.05) is 24.3 Å². The molecule has 0 amide bonds. The predicted octanol–water partition coefficient (Wildman–Crippen LogP) is 6.57. The number of rotatable bonds is 4. The molecule has 0 saturated heterocycles. The predicted molar refractivity (Wildman–Crippen MR) is 131 cm³/mol. The van der Waals surface area contributed by atoms with E-state index in [1.54, 1.807) is 0 Å². The summed E-state index contributed by atoms with van der Waals surface area (Å²) in [5, 5.41) is 0. The second kappa shape index (κ2) is 9.44. The van der Waals surface area contributed by atoms with Gasteiger partial charge < -0.3 is 4.74 Å². The lowest BCUT2D eigenvalue weighted by atomic mass is 9.97. The van der Waals surface area contributed by atoms with E-state index in [-0.39, 0.29) is 0 Å². The Morgan fingerprint density at radius 2 is 1.42 bits per heavy atom. The Morgan fingerprint density at radius 1 is 0.806 bits per heavy atom. The van der Waals surface area contributed by atoms with Crippen molar-refractivity contribution in [1.82, 2.24) is 0 Å². The van der Waals surface area contributed by atoms with Crippen LogP contribution in [0.4, 0.5) is 0 Å². The van der Waals surface area contributed by atoms with Crippen LogP contribution in [-0.4, -0.2) is 24.4 Å². The van der Waals surface area contributed by atoms with Gasteiger partial charge in [0.25, 0.3) is 0 Å². The molecule has 0 bridgehead atoms. The molecule has 2 aromatic rings. The first-order valence-electron chi connectivity index (χ1n) is 10.7. The van der Waals surface area contributed by atoms with Crippen molar-refractivity contribution in [1.29, 1.82) is 0 Å². The minimum atomic E-state index is 0.855. The van der Waals surface area contributed by atoms with Gasteiger partial charge in [-0.15, -0.1) is 0 Å². The maximum Gasteiger partial charge on any atom is 0.199 e. The van der Waals surface area contributed by atoms with Gasteiger partial charge in [-0.2, -0.15) is 0 Å². The van der Waals surface area contributed by atoms with Crippen molar-refractivity contribution in [3.8, 4) is 0 Å². The van der Waals surface area contributed by atoms with Gasteiger partial charge in [-0.1, -0.05) is 67.6 Å². The molecule has 0 N–H and O–H groups in total. The lowest BCUT2D eigenvalue weighted by molar-refractivity contribution is -0.462. The van der Waals surface area contributed by atoms with E-state index in [0.29, 0.717) is 0 Å². The highest BCUT2D eigenvalue weighted by Crippen LogP contribution is 2.32. The van der Waals surface area contributed by atoms with Crippen molar-refractivity contribution < 1.29 is 9.31 Å². The smallest absolute Gasteiger partial charge is 0.199 e. The third kappa shape index (κ3) is 4.92. The van der Waals surface area contributed by atoms with Crippen LogP contribution >= 0.6 is 0 Å². The molecule has 0 saturated carbocycles. The van der Waals surface area contributed by atoms with E-state index in [1.165, 1.54) is 22.4 Å². The molecule has 0 unspecified atom stereocenters. The van der Waals surface area contributed by atoms with Crippen LogP contribution in [0.2, 0.25) is 0 Å². The molecule has 0 radical (unpaired) electrons. The van der Waals surface area contributed by atoms with Gasteiger partial charge in [0.2, 0.25) is 0 Å². The summed E-state index contributed by atoms with van der Waals surface area (Å²) in [5.41, 5.74) is 7.06. The lowest BCUT2D eigenvalue weighted by Crippen LogP contribution is -2.10. The third-order valence-corrected chi connectivity index (χ3v) is 5.43. The number of hydrogen-bond donors (Lipinski definition) is 0. The zero-order valence-electron chi connectivity index (χ0n) is 18.4. The van der Waals surface area contributed by atoms with Crippen molar-refractivity contribution in [2.75, 3.05) is 14.1 Å². The second-order valence-electron chi connectivity index (χ2n) is 7.81. The molecule has 154 valence electrons. The number of allylic oxidation sites excluding steroid dienone is 10. The summed E-state index contributed by atoms with van der Waals surface area (Å²) >= 11 is 0. The first-order chi connectivity index (χ1) is 15.1. The fourth-order valence-corrected chi connectivity index (χ4v) is 3.67. The van der Waals surface area contributed by atoms with Gasteiger partial charge in [0.05, 0.1) is 0 Å². The highest BCUT2D eigenvalue weighted by Gasteiger charge is 2.15. The van der Waals surface area contributed by atoms with Gasteiger partial charge in [0.15, 0.2) is 5.71 Å². The molecule has 0 atom stereocenters. The Bertz CT molecular complexity index is 1150. The SMILES string of the molecule is CCC(C=C1C=C(c2ccccc2)C=C(c2ccccc2)O1)=C1C=CC(=[N+](C)C)C=C1. The van der Waals surface area contributed by atoms with Gasteiger partial charge in [-0.05, 0) is 59.1 Å². The highest BCUT2D eigenvalue weighted by molar-refractivity contribution is 6.02. The van der Waals surface area contributed by atoms with Crippen LogP contribution in [0, 0.1) is 0 Å². The number of ether oxygens (including phenoxy) is 1. The largest absolute Gasteiger partial charge is 0.457 e. The van der Waals surface area contributed by atoms with Crippen molar-refractivity contribution in [3.05, 3.63) is 131 Å². The van der Waals surface area contributed by atoms with Crippen LogP contribution in [0.15, 0.2) is 120 Å². The molecule has 2 aliphatic rings. The van der Waals surface area contributed by atoms with Crippen molar-refractivity contribution in [3.63, 3.8) is 0 Å². The zero-order chi connectivity index (χ0) is 21.6. The van der Waals surface area contributed by atoms with E-state index in [2.05, 4.69) is 105 Å². The summed E-state index contributed by atoms with van der Waals surface area (Å²) in [5.74, 6) is 1.72. The van der Waals surface area contributed by atoms with Crippen molar-refractivity contribution in [2.45, 2.75) is 13.3 Å². The molecular formula is C29H28NO+. The first kappa shape index (κ1) is 20.6. The molecule has 0 aromatic heterocycles. The maximum absolute atomic E-state index is 6.36. The van der Waals surface area contributed by atoms with Crippen molar-refractivity contribution >= 4 is 17.0 Å². The van der Waals surface area contributed by atoms with E-state index in [9.17, 15) is 0 Å². The highest BCUT2D eigenvalue weighted by atomic mass is 16.5. The quantitative estimate of drug-likeness (QED) is 0.523. The van der Waals surface area contributed by atoms with E-state index >= 15 is 0 Å². The minimum Gasteiger partial charge on any atom is -0.457 e. The van der Waals surface area contributed by atoms with Crippen LogP contribution in [-0.2, 0) is 4.74 Å². The molecule has 2 nitrogen and oxygen atoms in total. The van der Waals surface area contributed by atoms with Gasteiger partial charge in [-0.25, -0.2) is 4.58 Å². The minimum absolute atomic E-state index is 0.855. The van der Waals surface area contributed by atoms with E-state index < -0.39 is 0 Å². The third-order valence-electron chi connectivity index (χ3n) is 5.43. The van der Waals surface area contributed by atoms with Gasteiger partial charge in [0.1, 0.15) is 25.6 Å².